The predicted octanol–water partition coefficient (Wildman–Crippen LogP) is 4.06. The molecule has 2 N–H and O–H groups in total. The molecule has 4 aliphatic rings. The summed E-state index contributed by atoms with van der Waals surface area (Å²) in [6.07, 6.45) is 11.2. The lowest BCUT2D eigenvalue weighted by molar-refractivity contribution is -0.115. The van der Waals surface area contributed by atoms with Crippen molar-refractivity contribution in [2.24, 2.45) is 28.6 Å². The zero-order valence-electron chi connectivity index (χ0n) is 14.4. The standard InChI is InChI=1S/C20H32O2/c1-18-9-6-14(21)12-13(18)4-5-15-16(18)7-10-19(2)17(15)8-11-20(19,3)22/h4,14-17,21-22H,5-12H2,1-3H3/t14?,15-,16+,17+,18+,19+,20+/m1/s1. The molecule has 7 atom stereocenters. The Balaban J connectivity index is 1.69. The Kier molecular flexibility index (Phi) is 3.18. The topological polar surface area (TPSA) is 40.5 Å². The highest BCUT2D eigenvalue weighted by Crippen LogP contribution is 2.66. The molecular weight excluding hydrogens is 272 g/mol. The molecule has 0 aromatic rings. The minimum Gasteiger partial charge on any atom is -0.393 e. The van der Waals surface area contributed by atoms with E-state index in [2.05, 4.69) is 26.8 Å². The Morgan fingerprint density at radius 1 is 1.00 bits per heavy atom. The first-order valence-corrected chi connectivity index (χ1v) is 9.38. The minimum atomic E-state index is -0.476. The Morgan fingerprint density at radius 3 is 2.50 bits per heavy atom. The van der Waals surface area contributed by atoms with Crippen molar-refractivity contribution in [2.75, 3.05) is 0 Å². The van der Waals surface area contributed by atoms with E-state index in [0.717, 1.165) is 37.5 Å². The second-order valence-corrected chi connectivity index (χ2v) is 9.42. The van der Waals surface area contributed by atoms with Crippen LogP contribution in [0.3, 0.4) is 0 Å². The summed E-state index contributed by atoms with van der Waals surface area (Å²) in [7, 11) is 0. The van der Waals surface area contributed by atoms with Crippen molar-refractivity contribution >= 4 is 0 Å². The smallest absolute Gasteiger partial charge is 0.0675 e. The number of allylic oxidation sites excluding steroid dienone is 1. The van der Waals surface area contributed by atoms with Crippen molar-refractivity contribution in [3.63, 3.8) is 0 Å². The zero-order valence-corrected chi connectivity index (χ0v) is 14.4. The van der Waals surface area contributed by atoms with E-state index in [1.54, 1.807) is 5.57 Å². The maximum atomic E-state index is 10.9. The van der Waals surface area contributed by atoms with E-state index in [0.29, 0.717) is 11.3 Å². The van der Waals surface area contributed by atoms with Crippen LogP contribution < -0.4 is 0 Å². The van der Waals surface area contributed by atoms with Gasteiger partial charge < -0.3 is 10.2 Å². The van der Waals surface area contributed by atoms with E-state index in [-0.39, 0.29) is 11.5 Å². The lowest BCUT2D eigenvalue weighted by Crippen LogP contribution is -2.53. The fourth-order valence-electron chi connectivity index (χ4n) is 6.89. The van der Waals surface area contributed by atoms with Crippen molar-refractivity contribution < 1.29 is 10.2 Å². The van der Waals surface area contributed by atoms with E-state index in [4.69, 9.17) is 0 Å². The first-order chi connectivity index (χ1) is 10.3. The van der Waals surface area contributed by atoms with Gasteiger partial charge in [-0.05, 0) is 86.9 Å². The van der Waals surface area contributed by atoms with E-state index in [9.17, 15) is 10.2 Å². The van der Waals surface area contributed by atoms with Gasteiger partial charge in [0, 0.05) is 0 Å². The van der Waals surface area contributed by atoms with Crippen LogP contribution in [0.5, 0.6) is 0 Å². The molecule has 2 heteroatoms. The second kappa shape index (κ2) is 4.60. The van der Waals surface area contributed by atoms with Crippen LogP contribution >= 0.6 is 0 Å². The van der Waals surface area contributed by atoms with Gasteiger partial charge in [0.05, 0.1) is 11.7 Å². The first kappa shape index (κ1) is 15.2. The molecule has 0 aliphatic heterocycles. The molecule has 0 spiro atoms. The average Bonchev–Trinajstić information content (AvgIpc) is 2.70. The first-order valence-electron chi connectivity index (χ1n) is 9.38. The van der Waals surface area contributed by atoms with Gasteiger partial charge >= 0.3 is 0 Å². The van der Waals surface area contributed by atoms with Crippen LogP contribution in [-0.4, -0.2) is 21.9 Å². The Hall–Kier alpha value is -0.340. The van der Waals surface area contributed by atoms with Crippen LogP contribution in [0.15, 0.2) is 11.6 Å². The van der Waals surface area contributed by atoms with Crippen LogP contribution in [0.1, 0.15) is 72.1 Å². The maximum absolute atomic E-state index is 10.9. The van der Waals surface area contributed by atoms with Gasteiger partial charge in [0.1, 0.15) is 0 Å². The molecule has 0 aromatic heterocycles. The van der Waals surface area contributed by atoms with Gasteiger partial charge in [0.25, 0.3) is 0 Å². The highest BCUT2D eigenvalue weighted by atomic mass is 16.3. The fraction of sp³-hybridized carbons (Fsp3) is 0.900. The molecule has 0 amide bonds. The zero-order chi connectivity index (χ0) is 15.8. The molecule has 2 nitrogen and oxygen atoms in total. The van der Waals surface area contributed by atoms with Crippen LogP contribution in [0.4, 0.5) is 0 Å². The molecule has 0 aromatic carbocycles. The van der Waals surface area contributed by atoms with Gasteiger partial charge in [0.2, 0.25) is 0 Å². The third kappa shape index (κ3) is 1.80. The number of aliphatic hydroxyl groups excluding tert-OH is 1. The summed E-state index contributed by atoms with van der Waals surface area (Å²) in [5.74, 6) is 2.20. The van der Waals surface area contributed by atoms with E-state index < -0.39 is 5.60 Å². The predicted molar refractivity (Wildman–Crippen MR) is 88.3 cm³/mol. The third-order valence-corrected chi connectivity index (χ3v) is 8.64. The maximum Gasteiger partial charge on any atom is 0.0675 e. The second-order valence-electron chi connectivity index (χ2n) is 9.42. The lowest BCUT2D eigenvalue weighted by Gasteiger charge is -2.58. The molecule has 0 heterocycles. The van der Waals surface area contributed by atoms with E-state index in [1.807, 2.05) is 0 Å². The number of hydrogen-bond acceptors (Lipinski definition) is 2. The highest BCUT2D eigenvalue weighted by molar-refractivity contribution is 5.26. The lowest BCUT2D eigenvalue weighted by atomic mass is 9.47. The van der Waals surface area contributed by atoms with Crippen molar-refractivity contribution in [3.8, 4) is 0 Å². The molecule has 1 unspecified atom stereocenters. The summed E-state index contributed by atoms with van der Waals surface area (Å²) < 4.78 is 0. The largest absolute Gasteiger partial charge is 0.393 e. The van der Waals surface area contributed by atoms with Crippen molar-refractivity contribution in [1.82, 2.24) is 0 Å². The number of aliphatic hydroxyl groups is 2. The molecule has 4 aliphatic carbocycles. The summed E-state index contributed by atoms with van der Waals surface area (Å²) in [6, 6.07) is 0. The number of hydrogen-bond donors (Lipinski definition) is 2. The molecule has 0 radical (unpaired) electrons. The quantitative estimate of drug-likeness (QED) is 0.663. The van der Waals surface area contributed by atoms with Crippen molar-refractivity contribution in [1.29, 1.82) is 0 Å². The molecule has 3 fully saturated rings. The summed E-state index contributed by atoms with van der Waals surface area (Å²) in [5.41, 5.74) is 1.50. The average molecular weight is 304 g/mol. The summed E-state index contributed by atoms with van der Waals surface area (Å²) >= 11 is 0. The van der Waals surface area contributed by atoms with Gasteiger partial charge in [-0.15, -0.1) is 0 Å². The molecular formula is C20H32O2. The molecule has 0 saturated heterocycles. The molecule has 22 heavy (non-hydrogen) atoms. The highest BCUT2D eigenvalue weighted by Gasteiger charge is 2.61. The Morgan fingerprint density at radius 2 is 1.73 bits per heavy atom. The monoisotopic (exact) mass is 304 g/mol. The number of rotatable bonds is 0. The number of fused-ring (bicyclic) bond motifs is 5. The van der Waals surface area contributed by atoms with Crippen LogP contribution in [0.25, 0.3) is 0 Å². The molecule has 124 valence electrons. The third-order valence-electron chi connectivity index (χ3n) is 8.64. The molecule has 4 rings (SSSR count). The van der Waals surface area contributed by atoms with Gasteiger partial charge in [-0.25, -0.2) is 0 Å². The Labute approximate surface area is 135 Å². The van der Waals surface area contributed by atoms with Gasteiger partial charge in [-0.2, -0.15) is 0 Å². The summed E-state index contributed by atoms with van der Waals surface area (Å²) in [4.78, 5) is 0. The summed E-state index contributed by atoms with van der Waals surface area (Å²) in [6.45, 7) is 6.90. The SMILES string of the molecule is C[C@]12CCC(O)CC1=CC[C@@H]1[C@@H]2CC[C@@]2(C)[C@H]1CC[C@]2(C)O. The van der Waals surface area contributed by atoms with E-state index in [1.165, 1.54) is 25.7 Å². The minimum absolute atomic E-state index is 0.114. The molecule has 3 saturated carbocycles. The molecule has 0 bridgehead atoms. The summed E-state index contributed by atoms with van der Waals surface area (Å²) in [5, 5.41) is 21.0. The van der Waals surface area contributed by atoms with Crippen LogP contribution in [0, 0.1) is 28.6 Å². The normalized spacial score (nSPS) is 57.6. The van der Waals surface area contributed by atoms with E-state index >= 15 is 0 Å². The van der Waals surface area contributed by atoms with Crippen molar-refractivity contribution in [3.05, 3.63) is 11.6 Å². The van der Waals surface area contributed by atoms with Crippen molar-refractivity contribution in [2.45, 2.75) is 83.8 Å². The van der Waals surface area contributed by atoms with Crippen LogP contribution in [-0.2, 0) is 0 Å². The van der Waals surface area contributed by atoms with Gasteiger partial charge in [0.15, 0.2) is 0 Å². The fourth-order valence-corrected chi connectivity index (χ4v) is 6.89. The van der Waals surface area contributed by atoms with Gasteiger partial charge in [-0.3, -0.25) is 0 Å². The Bertz CT molecular complexity index is 508. The van der Waals surface area contributed by atoms with Crippen LogP contribution in [0.2, 0.25) is 0 Å². The van der Waals surface area contributed by atoms with Gasteiger partial charge in [-0.1, -0.05) is 25.5 Å².